The van der Waals surface area contributed by atoms with Crippen LogP contribution in [0.1, 0.15) is 25.8 Å². The van der Waals surface area contributed by atoms with Gasteiger partial charge < -0.3 is 19.3 Å². The lowest BCUT2D eigenvalue weighted by atomic mass is 10.1. The predicted molar refractivity (Wildman–Crippen MR) is 149 cm³/mol. The Morgan fingerprint density at radius 2 is 1.69 bits per heavy atom. The van der Waals surface area contributed by atoms with Crippen molar-refractivity contribution in [2.24, 2.45) is 0 Å². The molecule has 1 aliphatic heterocycles. The van der Waals surface area contributed by atoms with Gasteiger partial charge in [0.15, 0.2) is 0 Å². The lowest BCUT2D eigenvalue weighted by Gasteiger charge is -2.19. The summed E-state index contributed by atoms with van der Waals surface area (Å²) in [5.74, 6) is 0. The summed E-state index contributed by atoms with van der Waals surface area (Å²) in [6, 6.07) is 18.6. The van der Waals surface area contributed by atoms with Gasteiger partial charge in [0.2, 0.25) is 0 Å². The molecule has 0 saturated heterocycles. The molecule has 0 amide bonds. The molecule has 1 aliphatic rings. The van der Waals surface area contributed by atoms with Crippen LogP contribution in [0.15, 0.2) is 107 Å². The summed E-state index contributed by atoms with van der Waals surface area (Å²) in [5, 5.41) is 3.46. The highest BCUT2D eigenvalue weighted by Crippen LogP contribution is 2.48. The zero-order chi connectivity index (χ0) is 24.9. The third-order valence-electron chi connectivity index (χ3n) is 5.16. The van der Waals surface area contributed by atoms with Gasteiger partial charge in [0, 0.05) is 41.0 Å². The van der Waals surface area contributed by atoms with Gasteiger partial charge >= 0.3 is 7.60 Å². The Hall–Kier alpha value is -2.50. The molecule has 3 rings (SSSR count). The van der Waals surface area contributed by atoms with Crippen LogP contribution in [-0.4, -0.2) is 30.8 Å². The molecule has 5 nitrogen and oxygen atoms in total. The van der Waals surface area contributed by atoms with Crippen LogP contribution in [0, 0.1) is 0 Å². The van der Waals surface area contributed by atoms with E-state index in [-0.39, 0.29) is 0 Å². The first-order chi connectivity index (χ1) is 17.0. The number of anilines is 1. The molecule has 0 saturated carbocycles. The molecule has 35 heavy (non-hydrogen) atoms. The summed E-state index contributed by atoms with van der Waals surface area (Å²) in [6.45, 7) is 10.2. The second-order valence-electron chi connectivity index (χ2n) is 7.95. The van der Waals surface area contributed by atoms with E-state index < -0.39 is 7.60 Å². The molecule has 7 heteroatoms. The van der Waals surface area contributed by atoms with E-state index in [1.54, 1.807) is 11.8 Å². The van der Waals surface area contributed by atoms with Gasteiger partial charge in [0.1, 0.15) is 0 Å². The van der Waals surface area contributed by atoms with Crippen LogP contribution in [0.3, 0.4) is 0 Å². The maximum absolute atomic E-state index is 12.6. The third kappa shape index (κ3) is 9.23. The number of hydrogen-bond donors (Lipinski definition) is 1. The summed E-state index contributed by atoms with van der Waals surface area (Å²) in [5.41, 5.74) is 3.42. The highest BCUT2D eigenvalue weighted by Gasteiger charge is 2.22. The Bertz CT molecular complexity index is 1070. The lowest BCUT2D eigenvalue weighted by molar-refractivity contribution is 0.220. The van der Waals surface area contributed by atoms with Crippen LogP contribution in [0.25, 0.3) is 0 Å². The molecule has 0 radical (unpaired) electrons. The van der Waals surface area contributed by atoms with Crippen LogP contribution in [0.5, 0.6) is 0 Å². The molecule has 0 aromatic heterocycles. The van der Waals surface area contributed by atoms with Crippen molar-refractivity contribution in [3.63, 3.8) is 0 Å². The minimum absolute atomic E-state index is 0.386. The number of rotatable bonds is 14. The molecule has 2 aromatic rings. The average Bonchev–Trinajstić information content (AvgIpc) is 2.85. The Balaban J connectivity index is 1.51. The molecule has 0 fully saturated rings. The van der Waals surface area contributed by atoms with Crippen molar-refractivity contribution in [2.75, 3.05) is 31.2 Å². The van der Waals surface area contributed by atoms with Crippen molar-refractivity contribution in [2.45, 2.75) is 31.7 Å². The van der Waals surface area contributed by atoms with Crippen LogP contribution < -0.4 is 5.32 Å². The van der Waals surface area contributed by atoms with Gasteiger partial charge in [-0.3, -0.25) is 4.57 Å². The monoisotopic (exact) mass is 510 g/mol. The molecule has 186 valence electrons. The molecule has 0 spiro atoms. The minimum atomic E-state index is -3.00. The van der Waals surface area contributed by atoms with Crippen molar-refractivity contribution < 1.29 is 13.6 Å². The average molecular weight is 511 g/mol. The topological polar surface area (TPSA) is 50.8 Å². The Kier molecular flexibility index (Phi) is 11.0. The molecule has 1 N–H and O–H groups in total. The van der Waals surface area contributed by atoms with Gasteiger partial charge in [0.25, 0.3) is 0 Å². The van der Waals surface area contributed by atoms with Gasteiger partial charge in [-0.05, 0) is 61.8 Å². The standard InChI is InChI=1S/C28H35N2O3PS/c1-4-32-34(31,33-5-2)21-11-18-29-27-14-9-10-15-28(27)35-24(3)22-25-16-19-30(20-17-25)23-26-12-7-6-8-13-26/h6-10,12-17,19-20,22,29H,3-5,11,18,21,23H2,1-2H3. The summed E-state index contributed by atoms with van der Waals surface area (Å²) in [4.78, 5) is 4.22. The fraction of sp³-hybridized carbons (Fsp3) is 0.286. The highest BCUT2D eigenvalue weighted by molar-refractivity contribution is 8.03. The molecule has 0 atom stereocenters. The molecule has 0 bridgehead atoms. The van der Waals surface area contributed by atoms with E-state index in [2.05, 4.69) is 83.8 Å². The van der Waals surface area contributed by atoms with Crippen molar-refractivity contribution in [1.29, 1.82) is 0 Å². The normalized spacial score (nSPS) is 13.2. The smallest absolute Gasteiger partial charge is 0.330 e. The van der Waals surface area contributed by atoms with E-state index in [4.69, 9.17) is 9.05 Å². The van der Waals surface area contributed by atoms with Crippen LogP contribution in [0.2, 0.25) is 0 Å². The molecule has 1 heterocycles. The van der Waals surface area contributed by atoms with Crippen LogP contribution >= 0.6 is 19.4 Å². The first kappa shape index (κ1) is 27.1. The van der Waals surface area contributed by atoms with Crippen molar-refractivity contribution in [1.82, 2.24) is 4.90 Å². The van der Waals surface area contributed by atoms with Gasteiger partial charge in [-0.2, -0.15) is 0 Å². The number of benzene rings is 2. The van der Waals surface area contributed by atoms with E-state index in [0.29, 0.717) is 32.3 Å². The first-order valence-electron chi connectivity index (χ1n) is 12.0. The largest absolute Gasteiger partial charge is 0.384 e. The van der Waals surface area contributed by atoms with Gasteiger partial charge in [-0.1, -0.05) is 60.8 Å². The van der Waals surface area contributed by atoms with E-state index in [9.17, 15) is 4.57 Å². The van der Waals surface area contributed by atoms with Gasteiger partial charge in [0.05, 0.1) is 19.4 Å². The predicted octanol–water partition coefficient (Wildman–Crippen LogP) is 7.83. The molecule has 2 aromatic carbocycles. The first-order valence-corrected chi connectivity index (χ1v) is 14.5. The summed E-state index contributed by atoms with van der Waals surface area (Å²) in [7, 11) is -3.00. The van der Waals surface area contributed by atoms with E-state index in [1.165, 1.54) is 5.56 Å². The van der Waals surface area contributed by atoms with Crippen LogP contribution in [-0.2, 0) is 20.2 Å². The number of allylic oxidation sites excluding steroid dienone is 4. The molecule has 0 unspecified atom stereocenters. The Labute approximate surface area is 214 Å². The SMILES string of the molecule is C=C(C=C1C=CN(Cc2ccccc2)C=C1)Sc1ccccc1NCCCP(=O)(OCC)OCC. The highest BCUT2D eigenvalue weighted by atomic mass is 32.2. The number of hydrogen-bond acceptors (Lipinski definition) is 6. The number of nitrogens with one attached hydrogen (secondary N) is 1. The third-order valence-corrected chi connectivity index (χ3v) is 8.28. The second kappa shape index (κ2) is 14.2. The van der Waals surface area contributed by atoms with Crippen molar-refractivity contribution >= 4 is 25.0 Å². The van der Waals surface area contributed by atoms with Crippen molar-refractivity contribution in [3.05, 3.63) is 108 Å². The number of nitrogens with zero attached hydrogens (tertiary/aromatic N) is 1. The van der Waals surface area contributed by atoms with Crippen molar-refractivity contribution in [3.8, 4) is 0 Å². The summed E-state index contributed by atoms with van der Waals surface area (Å²) in [6.07, 6.45) is 11.6. The fourth-order valence-electron chi connectivity index (χ4n) is 3.58. The van der Waals surface area contributed by atoms with E-state index in [1.807, 2.05) is 32.0 Å². The zero-order valence-corrected chi connectivity index (χ0v) is 22.3. The molecule has 0 aliphatic carbocycles. The Morgan fingerprint density at radius 1 is 1.03 bits per heavy atom. The maximum atomic E-state index is 12.6. The summed E-state index contributed by atoms with van der Waals surface area (Å²) < 4.78 is 23.4. The van der Waals surface area contributed by atoms with E-state index >= 15 is 0 Å². The van der Waals surface area contributed by atoms with Crippen LogP contribution in [0.4, 0.5) is 5.69 Å². The fourth-order valence-corrected chi connectivity index (χ4v) is 6.12. The Morgan fingerprint density at radius 3 is 2.37 bits per heavy atom. The molecular formula is C28H35N2O3PS. The lowest BCUT2D eigenvalue weighted by Crippen LogP contribution is -2.11. The van der Waals surface area contributed by atoms with Gasteiger partial charge in [-0.15, -0.1) is 0 Å². The quantitative estimate of drug-likeness (QED) is 0.159. The number of thioether (sulfide) groups is 1. The zero-order valence-electron chi connectivity index (χ0n) is 20.6. The minimum Gasteiger partial charge on any atom is -0.384 e. The number of para-hydroxylation sites is 1. The van der Waals surface area contributed by atoms with E-state index in [0.717, 1.165) is 27.6 Å². The maximum Gasteiger partial charge on any atom is 0.330 e. The molecular weight excluding hydrogens is 475 g/mol. The second-order valence-corrected chi connectivity index (χ2v) is 11.3. The van der Waals surface area contributed by atoms with Gasteiger partial charge in [-0.25, -0.2) is 0 Å². The summed E-state index contributed by atoms with van der Waals surface area (Å²) >= 11 is 1.63.